The number of aryl methyl sites for hydroxylation is 1. The highest BCUT2D eigenvalue weighted by molar-refractivity contribution is 5.88. The molecule has 2 aromatic carbocycles. The molecule has 1 aromatic heterocycles. The van der Waals surface area contributed by atoms with Crippen molar-refractivity contribution < 1.29 is 14.2 Å². The van der Waals surface area contributed by atoms with Crippen molar-refractivity contribution in [3.63, 3.8) is 0 Å². The van der Waals surface area contributed by atoms with E-state index < -0.39 is 0 Å². The van der Waals surface area contributed by atoms with Gasteiger partial charge >= 0.3 is 0 Å². The first-order valence-corrected chi connectivity index (χ1v) is 7.69. The van der Waals surface area contributed by atoms with Crippen molar-refractivity contribution in [2.24, 2.45) is 0 Å². The van der Waals surface area contributed by atoms with Crippen LogP contribution in [0.15, 0.2) is 42.5 Å². The van der Waals surface area contributed by atoms with Crippen molar-refractivity contribution >= 4 is 10.9 Å². The summed E-state index contributed by atoms with van der Waals surface area (Å²) in [4.78, 5) is 4.78. The van der Waals surface area contributed by atoms with Gasteiger partial charge in [0.15, 0.2) is 11.5 Å². The summed E-state index contributed by atoms with van der Waals surface area (Å²) in [5, 5.41) is 1.09. The Labute approximate surface area is 134 Å². The van der Waals surface area contributed by atoms with Gasteiger partial charge in [0.25, 0.3) is 0 Å². The molecule has 2 heterocycles. The van der Waals surface area contributed by atoms with Gasteiger partial charge in [-0.3, -0.25) is 0 Å². The van der Waals surface area contributed by atoms with Crippen LogP contribution in [0.25, 0.3) is 22.2 Å². The number of nitrogens with zero attached hydrogens (tertiary/aromatic N) is 1. The Hall–Kier alpha value is -2.75. The SMILES string of the molecule is CCOc1ccc(-c2cc(C)c3cc4c(cc3n2)OCO4)cc1. The van der Waals surface area contributed by atoms with Gasteiger partial charge in [-0.15, -0.1) is 0 Å². The normalized spacial score (nSPS) is 12.6. The molecule has 4 rings (SSSR count). The van der Waals surface area contributed by atoms with Gasteiger partial charge in [0, 0.05) is 17.0 Å². The fourth-order valence-electron chi connectivity index (χ4n) is 2.82. The van der Waals surface area contributed by atoms with E-state index in [1.165, 1.54) is 0 Å². The first kappa shape index (κ1) is 13.9. The van der Waals surface area contributed by atoms with Crippen LogP contribution in [0.2, 0.25) is 0 Å². The molecule has 0 atom stereocenters. The number of hydrogen-bond donors (Lipinski definition) is 0. The van der Waals surface area contributed by atoms with Gasteiger partial charge in [-0.25, -0.2) is 4.98 Å². The van der Waals surface area contributed by atoms with Crippen LogP contribution in [0.4, 0.5) is 0 Å². The average molecular weight is 307 g/mol. The third kappa shape index (κ3) is 2.46. The highest BCUT2D eigenvalue weighted by Crippen LogP contribution is 2.37. The van der Waals surface area contributed by atoms with Crippen molar-refractivity contribution in [3.8, 4) is 28.5 Å². The molecular weight excluding hydrogens is 290 g/mol. The maximum Gasteiger partial charge on any atom is 0.231 e. The van der Waals surface area contributed by atoms with E-state index in [1.54, 1.807) is 0 Å². The Kier molecular flexibility index (Phi) is 3.30. The third-order valence-electron chi connectivity index (χ3n) is 3.97. The van der Waals surface area contributed by atoms with Crippen molar-refractivity contribution in [3.05, 3.63) is 48.0 Å². The van der Waals surface area contributed by atoms with Gasteiger partial charge in [0.05, 0.1) is 17.8 Å². The molecule has 0 unspecified atom stereocenters. The van der Waals surface area contributed by atoms with Gasteiger partial charge in [0.2, 0.25) is 6.79 Å². The minimum absolute atomic E-state index is 0.274. The minimum Gasteiger partial charge on any atom is -0.494 e. The molecule has 0 saturated carbocycles. The zero-order chi connectivity index (χ0) is 15.8. The summed E-state index contributed by atoms with van der Waals surface area (Å²) < 4.78 is 16.4. The number of hydrogen-bond acceptors (Lipinski definition) is 4. The largest absolute Gasteiger partial charge is 0.494 e. The molecule has 4 heteroatoms. The molecule has 1 aliphatic heterocycles. The molecule has 3 aromatic rings. The van der Waals surface area contributed by atoms with Crippen LogP contribution in [0.5, 0.6) is 17.2 Å². The van der Waals surface area contributed by atoms with Gasteiger partial charge < -0.3 is 14.2 Å². The van der Waals surface area contributed by atoms with E-state index >= 15 is 0 Å². The Morgan fingerprint density at radius 3 is 2.52 bits per heavy atom. The van der Waals surface area contributed by atoms with E-state index in [2.05, 4.69) is 13.0 Å². The van der Waals surface area contributed by atoms with Crippen LogP contribution in [0.1, 0.15) is 12.5 Å². The molecule has 0 spiro atoms. The number of ether oxygens (including phenoxy) is 3. The molecule has 23 heavy (non-hydrogen) atoms. The van der Waals surface area contributed by atoms with Gasteiger partial charge in [-0.1, -0.05) is 0 Å². The second-order valence-electron chi connectivity index (χ2n) is 5.50. The van der Waals surface area contributed by atoms with E-state index in [0.717, 1.165) is 45.0 Å². The maximum absolute atomic E-state index is 5.49. The molecule has 116 valence electrons. The molecule has 4 nitrogen and oxygen atoms in total. The molecular formula is C19H17NO3. The lowest BCUT2D eigenvalue weighted by Gasteiger charge is -2.09. The van der Waals surface area contributed by atoms with Crippen molar-refractivity contribution in [2.45, 2.75) is 13.8 Å². The Balaban J connectivity index is 1.80. The number of rotatable bonds is 3. The maximum atomic E-state index is 5.49. The molecule has 1 aliphatic rings. The second-order valence-corrected chi connectivity index (χ2v) is 5.50. The topological polar surface area (TPSA) is 40.6 Å². The van der Waals surface area contributed by atoms with Crippen LogP contribution >= 0.6 is 0 Å². The van der Waals surface area contributed by atoms with E-state index in [0.29, 0.717) is 6.61 Å². The fourth-order valence-corrected chi connectivity index (χ4v) is 2.82. The van der Waals surface area contributed by atoms with Crippen LogP contribution in [0.3, 0.4) is 0 Å². The highest BCUT2D eigenvalue weighted by Gasteiger charge is 2.16. The standard InChI is InChI=1S/C19H17NO3/c1-3-21-14-6-4-13(5-7-14)16-8-12(2)15-9-18-19(23-11-22-18)10-17(15)20-16/h4-10H,3,11H2,1-2H3. The number of pyridine rings is 1. The zero-order valence-corrected chi connectivity index (χ0v) is 13.1. The lowest BCUT2D eigenvalue weighted by molar-refractivity contribution is 0.174. The predicted molar refractivity (Wildman–Crippen MR) is 89.2 cm³/mol. The molecule has 0 aliphatic carbocycles. The summed E-state index contributed by atoms with van der Waals surface area (Å²) in [6.07, 6.45) is 0. The van der Waals surface area contributed by atoms with E-state index in [4.69, 9.17) is 19.2 Å². The summed E-state index contributed by atoms with van der Waals surface area (Å²) in [5.41, 5.74) is 4.09. The molecule has 0 N–H and O–H groups in total. The second kappa shape index (κ2) is 5.47. The summed E-state index contributed by atoms with van der Waals surface area (Å²) in [5.74, 6) is 2.42. The van der Waals surface area contributed by atoms with Crippen molar-refractivity contribution in [1.29, 1.82) is 0 Å². The highest BCUT2D eigenvalue weighted by atomic mass is 16.7. The monoisotopic (exact) mass is 307 g/mol. The van der Waals surface area contributed by atoms with Crippen molar-refractivity contribution in [1.82, 2.24) is 4.98 Å². The molecule has 0 saturated heterocycles. The molecule has 0 radical (unpaired) electrons. The quantitative estimate of drug-likeness (QED) is 0.722. The lowest BCUT2D eigenvalue weighted by atomic mass is 10.0. The Morgan fingerprint density at radius 2 is 1.78 bits per heavy atom. The van der Waals surface area contributed by atoms with Crippen LogP contribution in [-0.4, -0.2) is 18.4 Å². The lowest BCUT2D eigenvalue weighted by Crippen LogP contribution is -1.92. The summed E-state index contributed by atoms with van der Waals surface area (Å²) in [6.45, 7) is 5.01. The number of benzene rings is 2. The van der Waals surface area contributed by atoms with Gasteiger partial charge in [0.1, 0.15) is 5.75 Å². The number of fused-ring (bicyclic) bond motifs is 2. The summed E-state index contributed by atoms with van der Waals surface area (Å²) in [7, 11) is 0. The Bertz CT molecular complexity index is 872. The summed E-state index contributed by atoms with van der Waals surface area (Å²) in [6, 6.07) is 14.1. The van der Waals surface area contributed by atoms with Gasteiger partial charge in [-0.2, -0.15) is 0 Å². The molecule has 0 fully saturated rings. The fraction of sp³-hybridized carbons (Fsp3) is 0.211. The van der Waals surface area contributed by atoms with E-state index in [1.807, 2.05) is 43.3 Å². The first-order chi connectivity index (χ1) is 11.2. The van der Waals surface area contributed by atoms with E-state index in [-0.39, 0.29) is 6.79 Å². The van der Waals surface area contributed by atoms with E-state index in [9.17, 15) is 0 Å². The Morgan fingerprint density at radius 1 is 1.04 bits per heavy atom. The molecule has 0 amide bonds. The van der Waals surface area contributed by atoms with Crippen LogP contribution in [-0.2, 0) is 0 Å². The third-order valence-corrected chi connectivity index (χ3v) is 3.97. The van der Waals surface area contributed by atoms with Crippen LogP contribution < -0.4 is 14.2 Å². The average Bonchev–Trinajstić information content (AvgIpc) is 3.01. The predicted octanol–water partition coefficient (Wildman–Crippen LogP) is 4.34. The van der Waals surface area contributed by atoms with Crippen molar-refractivity contribution in [2.75, 3.05) is 13.4 Å². The molecule has 0 bridgehead atoms. The number of aromatic nitrogens is 1. The zero-order valence-electron chi connectivity index (χ0n) is 13.1. The van der Waals surface area contributed by atoms with Gasteiger partial charge in [-0.05, 0) is 55.8 Å². The van der Waals surface area contributed by atoms with Crippen LogP contribution in [0, 0.1) is 6.92 Å². The minimum atomic E-state index is 0.274. The smallest absolute Gasteiger partial charge is 0.231 e. The first-order valence-electron chi connectivity index (χ1n) is 7.69. The summed E-state index contributed by atoms with van der Waals surface area (Å²) >= 11 is 0.